The van der Waals surface area contributed by atoms with Gasteiger partial charge in [-0.05, 0) is 42.5 Å². The molecule has 1 aliphatic rings. The molecule has 1 fully saturated rings. The fraction of sp³-hybridized carbons (Fsp3) is 0.533. The first-order valence-corrected chi connectivity index (χ1v) is 7.17. The molecule has 1 aromatic carbocycles. The summed E-state index contributed by atoms with van der Waals surface area (Å²) in [4.78, 5) is 12.0. The van der Waals surface area contributed by atoms with Crippen molar-refractivity contribution in [2.45, 2.75) is 38.6 Å². The lowest BCUT2D eigenvalue weighted by molar-refractivity contribution is -0.125. The van der Waals surface area contributed by atoms with Crippen LogP contribution >= 0.6 is 11.6 Å². The standard InChI is InChI=1S/C15H21ClN2O/c1-10-4-3-9-15(11(10)2,14(17)19)18-13-7-5-12(16)6-8-13/h5-8,10-11,18H,3-4,9H2,1-2H3,(H2,17,19). The molecule has 3 N–H and O–H groups in total. The monoisotopic (exact) mass is 280 g/mol. The van der Waals surface area contributed by atoms with E-state index in [9.17, 15) is 4.79 Å². The molecule has 0 radical (unpaired) electrons. The number of hydrogen-bond acceptors (Lipinski definition) is 2. The Morgan fingerprint density at radius 2 is 2.00 bits per heavy atom. The van der Waals surface area contributed by atoms with Crippen LogP contribution in [-0.4, -0.2) is 11.4 Å². The Bertz CT molecular complexity index is 460. The summed E-state index contributed by atoms with van der Waals surface area (Å²) < 4.78 is 0. The molecule has 0 bridgehead atoms. The molecular formula is C15H21ClN2O. The Labute approximate surface area is 119 Å². The molecule has 1 saturated carbocycles. The lowest BCUT2D eigenvalue weighted by atomic mass is 9.67. The summed E-state index contributed by atoms with van der Waals surface area (Å²) in [5.41, 5.74) is 5.95. The third kappa shape index (κ3) is 2.71. The topological polar surface area (TPSA) is 55.1 Å². The molecule has 19 heavy (non-hydrogen) atoms. The van der Waals surface area contributed by atoms with E-state index in [0.717, 1.165) is 24.9 Å². The fourth-order valence-corrected chi connectivity index (χ4v) is 3.17. The Kier molecular flexibility index (Phi) is 4.04. The molecule has 4 heteroatoms. The number of carbonyl (C=O) groups excluding carboxylic acids is 1. The summed E-state index contributed by atoms with van der Waals surface area (Å²) in [7, 11) is 0. The summed E-state index contributed by atoms with van der Waals surface area (Å²) in [6, 6.07) is 7.41. The van der Waals surface area contributed by atoms with Crippen LogP contribution in [0.1, 0.15) is 33.1 Å². The largest absolute Gasteiger partial charge is 0.371 e. The normalized spacial score (nSPS) is 30.9. The van der Waals surface area contributed by atoms with E-state index in [0.29, 0.717) is 10.9 Å². The fourth-order valence-electron chi connectivity index (χ4n) is 3.04. The zero-order valence-corrected chi connectivity index (χ0v) is 12.2. The predicted octanol–water partition coefficient (Wildman–Crippen LogP) is 3.43. The molecule has 1 amide bonds. The summed E-state index contributed by atoms with van der Waals surface area (Å²) in [6.45, 7) is 4.29. The highest BCUT2D eigenvalue weighted by Crippen LogP contribution is 2.39. The van der Waals surface area contributed by atoms with Gasteiger partial charge in [-0.2, -0.15) is 0 Å². The van der Waals surface area contributed by atoms with Crippen LogP contribution in [0, 0.1) is 11.8 Å². The first-order chi connectivity index (χ1) is 8.95. The Balaban J connectivity index is 2.29. The van der Waals surface area contributed by atoms with Crippen molar-refractivity contribution >= 4 is 23.2 Å². The first kappa shape index (κ1) is 14.2. The number of amides is 1. The number of nitrogens with two attached hydrogens (primary N) is 1. The molecule has 0 saturated heterocycles. The maximum Gasteiger partial charge on any atom is 0.243 e. The van der Waals surface area contributed by atoms with E-state index in [1.807, 2.05) is 24.3 Å². The Hall–Kier alpha value is -1.22. The minimum atomic E-state index is -0.647. The van der Waals surface area contributed by atoms with Gasteiger partial charge in [0.1, 0.15) is 5.54 Å². The minimum absolute atomic E-state index is 0.217. The number of carbonyl (C=O) groups is 1. The Morgan fingerprint density at radius 1 is 1.37 bits per heavy atom. The molecule has 3 nitrogen and oxygen atoms in total. The van der Waals surface area contributed by atoms with Gasteiger partial charge in [-0.25, -0.2) is 0 Å². The molecule has 0 aromatic heterocycles. The maximum atomic E-state index is 12.0. The number of primary amides is 1. The van der Waals surface area contributed by atoms with Crippen molar-refractivity contribution in [3.05, 3.63) is 29.3 Å². The lowest BCUT2D eigenvalue weighted by Gasteiger charge is -2.44. The van der Waals surface area contributed by atoms with Gasteiger partial charge < -0.3 is 11.1 Å². The smallest absolute Gasteiger partial charge is 0.243 e. The second kappa shape index (κ2) is 5.41. The van der Waals surface area contributed by atoms with Gasteiger partial charge in [0.2, 0.25) is 5.91 Å². The highest BCUT2D eigenvalue weighted by atomic mass is 35.5. The molecule has 3 unspecified atom stereocenters. The highest BCUT2D eigenvalue weighted by Gasteiger charge is 2.46. The lowest BCUT2D eigenvalue weighted by Crippen LogP contribution is -2.58. The van der Waals surface area contributed by atoms with Gasteiger partial charge in [0, 0.05) is 10.7 Å². The van der Waals surface area contributed by atoms with Crippen LogP contribution < -0.4 is 11.1 Å². The van der Waals surface area contributed by atoms with Crippen LogP contribution in [0.5, 0.6) is 0 Å². The van der Waals surface area contributed by atoms with Crippen molar-refractivity contribution in [3.63, 3.8) is 0 Å². The Morgan fingerprint density at radius 3 is 2.58 bits per heavy atom. The first-order valence-electron chi connectivity index (χ1n) is 6.79. The van der Waals surface area contributed by atoms with E-state index in [-0.39, 0.29) is 11.8 Å². The second-order valence-corrected chi connectivity index (χ2v) is 6.06. The van der Waals surface area contributed by atoms with Gasteiger partial charge in [-0.15, -0.1) is 0 Å². The zero-order valence-electron chi connectivity index (χ0n) is 11.4. The van der Waals surface area contributed by atoms with E-state index in [2.05, 4.69) is 19.2 Å². The number of nitrogens with one attached hydrogen (secondary N) is 1. The molecular weight excluding hydrogens is 260 g/mol. The summed E-state index contributed by atoms with van der Waals surface area (Å²) in [5.74, 6) is 0.442. The van der Waals surface area contributed by atoms with E-state index >= 15 is 0 Å². The number of halogens is 1. The van der Waals surface area contributed by atoms with Crippen LogP contribution in [0.3, 0.4) is 0 Å². The molecule has 0 aliphatic heterocycles. The van der Waals surface area contributed by atoms with E-state index < -0.39 is 5.54 Å². The SMILES string of the molecule is CC1CCCC(Nc2ccc(Cl)cc2)(C(N)=O)C1C. The van der Waals surface area contributed by atoms with Crippen molar-refractivity contribution in [1.29, 1.82) is 0 Å². The summed E-state index contributed by atoms with van der Waals surface area (Å²) >= 11 is 5.88. The summed E-state index contributed by atoms with van der Waals surface area (Å²) in [6.07, 6.45) is 2.96. The highest BCUT2D eigenvalue weighted by molar-refractivity contribution is 6.30. The average molecular weight is 281 g/mol. The molecule has 1 aliphatic carbocycles. The third-order valence-electron chi connectivity index (χ3n) is 4.51. The van der Waals surface area contributed by atoms with Gasteiger partial charge in [0.05, 0.1) is 0 Å². The van der Waals surface area contributed by atoms with E-state index in [4.69, 9.17) is 17.3 Å². The maximum absolute atomic E-state index is 12.0. The van der Waals surface area contributed by atoms with Gasteiger partial charge in [0.25, 0.3) is 0 Å². The van der Waals surface area contributed by atoms with Crippen molar-refractivity contribution in [1.82, 2.24) is 0 Å². The minimum Gasteiger partial charge on any atom is -0.371 e. The van der Waals surface area contributed by atoms with Crippen LogP contribution in [0.2, 0.25) is 5.02 Å². The number of anilines is 1. The van der Waals surface area contributed by atoms with Crippen LogP contribution in [0.15, 0.2) is 24.3 Å². The van der Waals surface area contributed by atoms with Gasteiger partial charge in [-0.3, -0.25) is 4.79 Å². The van der Waals surface area contributed by atoms with Crippen LogP contribution in [0.4, 0.5) is 5.69 Å². The molecule has 3 atom stereocenters. The summed E-state index contributed by atoms with van der Waals surface area (Å²) in [5, 5.41) is 4.05. The van der Waals surface area contributed by atoms with E-state index in [1.165, 1.54) is 0 Å². The molecule has 0 spiro atoms. The van der Waals surface area contributed by atoms with Crippen molar-refractivity contribution in [2.24, 2.45) is 17.6 Å². The molecule has 2 rings (SSSR count). The van der Waals surface area contributed by atoms with Gasteiger partial charge in [-0.1, -0.05) is 38.3 Å². The van der Waals surface area contributed by atoms with Gasteiger partial charge >= 0.3 is 0 Å². The molecule has 0 heterocycles. The van der Waals surface area contributed by atoms with Crippen LogP contribution in [-0.2, 0) is 4.79 Å². The van der Waals surface area contributed by atoms with Crippen molar-refractivity contribution in [2.75, 3.05) is 5.32 Å². The molecule has 104 valence electrons. The number of hydrogen-bond donors (Lipinski definition) is 2. The van der Waals surface area contributed by atoms with Crippen molar-refractivity contribution < 1.29 is 4.79 Å². The average Bonchev–Trinajstić information content (AvgIpc) is 2.37. The predicted molar refractivity (Wildman–Crippen MR) is 79.2 cm³/mol. The second-order valence-electron chi connectivity index (χ2n) is 5.63. The quantitative estimate of drug-likeness (QED) is 0.891. The number of benzene rings is 1. The third-order valence-corrected chi connectivity index (χ3v) is 4.76. The zero-order chi connectivity index (χ0) is 14.0. The molecule has 1 aromatic rings. The van der Waals surface area contributed by atoms with Gasteiger partial charge in [0.15, 0.2) is 0 Å². The number of rotatable bonds is 3. The van der Waals surface area contributed by atoms with Crippen molar-refractivity contribution in [3.8, 4) is 0 Å². The van der Waals surface area contributed by atoms with E-state index in [1.54, 1.807) is 0 Å². The van der Waals surface area contributed by atoms with Crippen LogP contribution in [0.25, 0.3) is 0 Å².